The molecule has 2 N–H and O–H groups in total. The number of hydrogen-bond donors (Lipinski definition) is 1. The monoisotopic (exact) mass is 350 g/mol. The molecule has 1 aromatic carbocycles. The molecule has 0 spiro atoms. The molecule has 0 radical (unpaired) electrons. The number of Topliss-reactive ketones (excluding diaryl/α,β-unsaturated/α-hetero) is 1. The Bertz CT molecular complexity index is 833. The van der Waals surface area contributed by atoms with E-state index in [0.717, 1.165) is 16.2 Å². The average Bonchev–Trinajstić information content (AvgIpc) is 3.08. The predicted molar refractivity (Wildman–Crippen MR) is 86.5 cm³/mol. The Kier molecular flexibility index (Phi) is 3.83. The summed E-state index contributed by atoms with van der Waals surface area (Å²) in [6.45, 7) is 0. The van der Waals surface area contributed by atoms with Crippen LogP contribution in [0.3, 0.4) is 0 Å². The third-order valence-corrected chi connectivity index (χ3v) is 4.81. The lowest BCUT2D eigenvalue weighted by Crippen LogP contribution is -2.40. The van der Waals surface area contributed by atoms with E-state index < -0.39 is 23.6 Å². The molecule has 1 aliphatic heterocycles. The van der Waals surface area contributed by atoms with Crippen molar-refractivity contribution in [2.45, 2.75) is 5.92 Å². The zero-order chi connectivity index (χ0) is 16.7. The normalized spacial score (nSPS) is 16.3. The molecule has 23 heavy (non-hydrogen) atoms. The number of halogens is 1. The van der Waals surface area contributed by atoms with Gasteiger partial charge in [0.15, 0.2) is 10.8 Å². The number of rotatable bonds is 3. The third kappa shape index (κ3) is 2.47. The second kappa shape index (κ2) is 5.68. The standard InChI is InChI=1S/C15H11ClN2O4S/c1-22-11-5-4-10(23-11)13(19)12-8-6-7(16)2-3-9(8)18(14(12)20)15(17)21/h2-6,12H,1H3,(H2,17,21). The molecular formula is C15H11ClN2O4S. The topological polar surface area (TPSA) is 89.7 Å². The Labute approximate surface area is 140 Å². The fraction of sp³-hybridized carbons (Fsp3) is 0.133. The summed E-state index contributed by atoms with van der Waals surface area (Å²) in [6, 6.07) is 6.83. The van der Waals surface area contributed by atoms with Crippen molar-refractivity contribution in [2.24, 2.45) is 5.73 Å². The van der Waals surface area contributed by atoms with Gasteiger partial charge in [0.1, 0.15) is 5.92 Å². The molecule has 1 aliphatic rings. The number of carbonyl (C=O) groups excluding carboxylic acids is 3. The van der Waals surface area contributed by atoms with Gasteiger partial charge in [-0.25, -0.2) is 9.69 Å². The highest BCUT2D eigenvalue weighted by molar-refractivity contribution is 7.15. The van der Waals surface area contributed by atoms with Crippen LogP contribution in [0.2, 0.25) is 5.02 Å². The molecule has 1 atom stereocenters. The Morgan fingerprint density at radius 3 is 2.65 bits per heavy atom. The van der Waals surface area contributed by atoms with Crippen LogP contribution in [0.1, 0.15) is 21.2 Å². The van der Waals surface area contributed by atoms with E-state index in [1.807, 2.05) is 0 Å². The van der Waals surface area contributed by atoms with Crippen LogP contribution >= 0.6 is 22.9 Å². The number of primary amides is 1. The summed E-state index contributed by atoms with van der Waals surface area (Å²) in [6.07, 6.45) is 0. The van der Waals surface area contributed by atoms with Gasteiger partial charge >= 0.3 is 6.03 Å². The smallest absolute Gasteiger partial charge is 0.326 e. The van der Waals surface area contributed by atoms with Gasteiger partial charge in [-0.15, -0.1) is 0 Å². The third-order valence-electron chi connectivity index (χ3n) is 3.52. The SMILES string of the molecule is COc1ccc(C(=O)C2C(=O)N(C(N)=O)c3ccc(Cl)cc32)s1. The molecule has 0 saturated heterocycles. The number of benzene rings is 1. The van der Waals surface area contributed by atoms with Crippen LogP contribution < -0.4 is 15.4 Å². The summed E-state index contributed by atoms with van der Waals surface area (Å²) in [4.78, 5) is 38.0. The van der Waals surface area contributed by atoms with E-state index in [2.05, 4.69) is 0 Å². The van der Waals surface area contributed by atoms with Gasteiger partial charge in [-0.1, -0.05) is 22.9 Å². The number of nitrogens with two attached hydrogens (primary N) is 1. The number of ketones is 1. The summed E-state index contributed by atoms with van der Waals surface area (Å²) < 4.78 is 5.06. The maximum atomic E-state index is 12.7. The Morgan fingerprint density at radius 2 is 2.04 bits per heavy atom. The molecule has 3 amide bonds. The number of carbonyl (C=O) groups is 3. The van der Waals surface area contributed by atoms with Crippen molar-refractivity contribution in [2.75, 3.05) is 12.0 Å². The Hall–Kier alpha value is -2.38. The van der Waals surface area contributed by atoms with E-state index in [0.29, 0.717) is 20.5 Å². The van der Waals surface area contributed by atoms with Crippen LogP contribution in [-0.2, 0) is 4.79 Å². The number of anilines is 1. The largest absolute Gasteiger partial charge is 0.487 e. The summed E-state index contributed by atoms with van der Waals surface area (Å²) in [5.41, 5.74) is 5.93. The highest BCUT2D eigenvalue weighted by Gasteiger charge is 2.44. The molecule has 3 rings (SSSR count). The first kappa shape index (κ1) is 15.5. The Morgan fingerprint density at radius 1 is 1.30 bits per heavy atom. The number of nitrogens with zero attached hydrogens (tertiary/aromatic N) is 1. The van der Waals surface area contributed by atoms with Gasteiger partial charge in [0.25, 0.3) is 5.91 Å². The molecule has 118 valence electrons. The summed E-state index contributed by atoms with van der Waals surface area (Å²) in [5, 5.41) is 0.918. The number of amides is 3. The van der Waals surface area contributed by atoms with Gasteiger partial charge in [-0.05, 0) is 35.9 Å². The maximum Gasteiger partial charge on any atom is 0.326 e. The van der Waals surface area contributed by atoms with E-state index in [1.54, 1.807) is 12.1 Å². The number of hydrogen-bond acceptors (Lipinski definition) is 5. The highest BCUT2D eigenvalue weighted by Crippen LogP contribution is 2.41. The van der Waals surface area contributed by atoms with Crippen LogP contribution in [0, 0.1) is 0 Å². The van der Waals surface area contributed by atoms with Crippen LogP contribution in [0.15, 0.2) is 30.3 Å². The minimum absolute atomic E-state index is 0.286. The number of urea groups is 1. The molecule has 2 heterocycles. The zero-order valence-electron chi connectivity index (χ0n) is 11.9. The van der Waals surface area contributed by atoms with Gasteiger partial charge in [0.2, 0.25) is 0 Å². The maximum absolute atomic E-state index is 12.7. The fourth-order valence-corrected chi connectivity index (χ4v) is 3.50. The number of imide groups is 1. The zero-order valence-corrected chi connectivity index (χ0v) is 13.5. The van der Waals surface area contributed by atoms with Gasteiger partial charge in [-0.2, -0.15) is 0 Å². The van der Waals surface area contributed by atoms with E-state index in [9.17, 15) is 14.4 Å². The molecule has 0 aliphatic carbocycles. The van der Waals surface area contributed by atoms with Crippen LogP contribution in [0.25, 0.3) is 0 Å². The molecule has 0 fully saturated rings. The van der Waals surface area contributed by atoms with Gasteiger partial charge in [-0.3, -0.25) is 9.59 Å². The Balaban J connectivity index is 2.09. The number of fused-ring (bicyclic) bond motifs is 1. The van der Waals surface area contributed by atoms with E-state index in [4.69, 9.17) is 22.1 Å². The molecule has 1 aromatic heterocycles. The summed E-state index contributed by atoms with van der Waals surface area (Å²) in [7, 11) is 1.49. The van der Waals surface area contributed by atoms with Crippen molar-refractivity contribution in [3.05, 3.63) is 45.8 Å². The van der Waals surface area contributed by atoms with Crippen LogP contribution in [-0.4, -0.2) is 24.8 Å². The molecule has 1 unspecified atom stereocenters. The lowest BCUT2D eigenvalue weighted by molar-refractivity contribution is -0.117. The van der Waals surface area contributed by atoms with Crippen molar-refractivity contribution >= 4 is 46.3 Å². The summed E-state index contributed by atoms with van der Waals surface area (Å²) >= 11 is 7.09. The molecule has 6 nitrogen and oxygen atoms in total. The number of methoxy groups -OCH3 is 1. The van der Waals surface area contributed by atoms with Gasteiger partial charge in [0.05, 0.1) is 17.7 Å². The van der Waals surface area contributed by atoms with E-state index in [-0.39, 0.29) is 5.69 Å². The molecule has 0 bridgehead atoms. The first-order valence-electron chi connectivity index (χ1n) is 6.55. The molecule has 2 aromatic rings. The van der Waals surface area contributed by atoms with Crippen molar-refractivity contribution < 1.29 is 19.1 Å². The first-order valence-corrected chi connectivity index (χ1v) is 7.74. The second-order valence-electron chi connectivity index (χ2n) is 4.84. The lowest BCUT2D eigenvalue weighted by atomic mass is 9.95. The van der Waals surface area contributed by atoms with Crippen LogP contribution in [0.5, 0.6) is 5.06 Å². The predicted octanol–water partition coefficient (Wildman–Crippen LogP) is 2.80. The van der Waals surface area contributed by atoms with E-state index >= 15 is 0 Å². The molecule has 0 saturated carbocycles. The van der Waals surface area contributed by atoms with Gasteiger partial charge < -0.3 is 10.5 Å². The average molecular weight is 351 g/mol. The quantitative estimate of drug-likeness (QED) is 0.680. The fourth-order valence-electron chi connectivity index (χ4n) is 2.53. The summed E-state index contributed by atoms with van der Waals surface area (Å²) in [5.74, 6) is -2.23. The minimum Gasteiger partial charge on any atom is -0.487 e. The van der Waals surface area contributed by atoms with Gasteiger partial charge in [0, 0.05) is 5.02 Å². The van der Waals surface area contributed by atoms with Crippen molar-refractivity contribution in [1.82, 2.24) is 0 Å². The number of ether oxygens (including phenoxy) is 1. The molecule has 8 heteroatoms. The molecular weight excluding hydrogens is 340 g/mol. The van der Waals surface area contributed by atoms with Crippen molar-refractivity contribution in [3.8, 4) is 5.06 Å². The highest BCUT2D eigenvalue weighted by atomic mass is 35.5. The van der Waals surface area contributed by atoms with Crippen molar-refractivity contribution in [3.63, 3.8) is 0 Å². The van der Waals surface area contributed by atoms with E-state index in [1.165, 1.54) is 25.3 Å². The van der Waals surface area contributed by atoms with Crippen molar-refractivity contribution in [1.29, 1.82) is 0 Å². The minimum atomic E-state index is -1.14. The van der Waals surface area contributed by atoms with Crippen LogP contribution in [0.4, 0.5) is 10.5 Å². The lowest BCUT2D eigenvalue weighted by Gasteiger charge is -2.12. The second-order valence-corrected chi connectivity index (χ2v) is 6.32. The number of thiophene rings is 1. The first-order chi connectivity index (χ1) is 10.9.